The lowest BCUT2D eigenvalue weighted by atomic mass is 10.2. The van der Waals surface area contributed by atoms with Gasteiger partial charge >= 0.3 is 0 Å². The van der Waals surface area contributed by atoms with E-state index >= 15 is 0 Å². The molecule has 0 aliphatic rings. The molecule has 1 rings (SSSR count). The van der Waals surface area contributed by atoms with Crippen LogP contribution >= 0.6 is 0 Å². The van der Waals surface area contributed by atoms with Crippen LogP contribution in [0.2, 0.25) is 0 Å². The maximum Gasteiger partial charge on any atom is 0.236 e. The van der Waals surface area contributed by atoms with Gasteiger partial charge in [0.05, 0.1) is 22.8 Å². The lowest BCUT2D eigenvalue weighted by molar-refractivity contribution is -0.121. The Morgan fingerprint density at radius 2 is 2.00 bits per heavy atom. The van der Waals surface area contributed by atoms with E-state index in [9.17, 15) is 9.00 Å². The summed E-state index contributed by atoms with van der Waals surface area (Å²) in [6.45, 7) is 5.67. The molecule has 3 N–H and O–H groups in total. The minimum absolute atomic E-state index is 0.111. The van der Waals surface area contributed by atoms with Gasteiger partial charge in [-0.05, 0) is 38.0 Å². The first-order chi connectivity index (χ1) is 9.94. The molecule has 1 aromatic carbocycles. The van der Waals surface area contributed by atoms with E-state index in [4.69, 9.17) is 10.5 Å². The fourth-order valence-corrected chi connectivity index (χ4v) is 3.09. The predicted molar refractivity (Wildman–Crippen MR) is 85.8 cm³/mol. The lowest BCUT2D eigenvalue weighted by Crippen LogP contribution is -2.41. The number of benzene rings is 1. The van der Waals surface area contributed by atoms with E-state index in [0.29, 0.717) is 16.3 Å². The maximum absolute atomic E-state index is 12.5. The zero-order valence-electron chi connectivity index (χ0n) is 13.0. The maximum atomic E-state index is 12.5. The van der Waals surface area contributed by atoms with Crippen molar-refractivity contribution < 1.29 is 13.7 Å². The topological polar surface area (TPSA) is 81.4 Å². The van der Waals surface area contributed by atoms with Gasteiger partial charge in [0, 0.05) is 11.7 Å². The number of nitrogen functional groups attached to an aromatic ring is 1. The monoisotopic (exact) mass is 312 g/mol. The number of ether oxygens (including phenoxy) is 1. The van der Waals surface area contributed by atoms with Crippen molar-refractivity contribution in [1.29, 1.82) is 0 Å². The number of carbonyl (C=O) groups excluding carboxylic acids is 1. The quantitative estimate of drug-likeness (QED) is 0.755. The van der Waals surface area contributed by atoms with Gasteiger partial charge in [-0.3, -0.25) is 9.00 Å². The lowest BCUT2D eigenvalue weighted by Gasteiger charge is -2.19. The summed E-state index contributed by atoms with van der Waals surface area (Å²) in [4.78, 5) is 12.6. The van der Waals surface area contributed by atoms with Crippen molar-refractivity contribution in [2.75, 3.05) is 12.8 Å². The minimum atomic E-state index is -1.52. The summed E-state index contributed by atoms with van der Waals surface area (Å²) in [5.74, 6) is 0.351. The van der Waals surface area contributed by atoms with Gasteiger partial charge in [-0.15, -0.1) is 0 Å². The van der Waals surface area contributed by atoms with Crippen molar-refractivity contribution >= 4 is 22.4 Å². The third-order valence-corrected chi connectivity index (χ3v) is 5.10. The largest absolute Gasteiger partial charge is 0.497 e. The highest BCUT2D eigenvalue weighted by Crippen LogP contribution is 2.24. The first-order valence-corrected chi connectivity index (χ1v) is 8.30. The van der Waals surface area contributed by atoms with Crippen LogP contribution in [0.5, 0.6) is 5.75 Å². The van der Waals surface area contributed by atoms with Crippen molar-refractivity contribution in [3.8, 4) is 5.75 Å². The normalized spacial score (nSPS) is 13.8. The van der Waals surface area contributed by atoms with Gasteiger partial charge in [0.2, 0.25) is 5.91 Å². The number of anilines is 1. The third kappa shape index (κ3) is 4.46. The van der Waals surface area contributed by atoms with Crippen LogP contribution in [-0.2, 0) is 15.6 Å². The summed E-state index contributed by atoms with van der Waals surface area (Å²) in [7, 11) is 0.0101. The first-order valence-electron chi connectivity index (χ1n) is 7.09. The van der Waals surface area contributed by atoms with Crippen LogP contribution in [0.15, 0.2) is 23.1 Å². The van der Waals surface area contributed by atoms with E-state index in [0.717, 1.165) is 12.8 Å². The standard InChI is InChI=1S/C15H24N2O3S/c1-5-11(6-2)17-15(18)10(3)21(19)14-9-12(20-4)7-8-13(14)16/h7-11H,5-6,16H2,1-4H3,(H,17,18). The minimum Gasteiger partial charge on any atom is -0.497 e. The van der Waals surface area contributed by atoms with E-state index in [1.54, 1.807) is 25.1 Å². The number of rotatable bonds is 7. The molecule has 6 heteroatoms. The molecule has 0 aliphatic heterocycles. The van der Waals surface area contributed by atoms with Crippen molar-refractivity contribution in [1.82, 2.24) is 5.32 Å². The summed E-state index contributed by atoms with van der Waals surface area (Å²) < 4.78 is 17.7. The smallest absolute Gasteiger partial charge is 0.236 e. The number of hydrogen-bond acceptors (Lipinski definition) is 4. The Morgan fingerprint density at radius 1 is 1.38 bits per heavy atom. The average Bonchev–Trinajstić information content (AvgIpc) is 2.51. The third-order valence-electron chi connectivity index (χ3n) is 3.46. The molecule has 21 heavy (non-hydrogen) atoms. The van der Waals surface area contributed by atoms with Crippen LogP contribution in [0.25, 0.3) is 0 Å². The van der Waals surface area contributed by atoms with Gasteiger partial charge in [-0.1, -0.05) is 13.8 Å². The van der Waals surface area contributed by atoms with E-state index in [1.165, 1.54) is 7.11 Å². The summed E-state index contributed by atoms with van der Waals surface area (Å²) in [5, 5.41) is 2.24. The molecule has 0 aromatic heterocycles. The van der Waals surface area contributed by atoms with Crippen molar-refractivity contribution in [2.24, 2.45) is 0 Å². The summed E-state index contributed by atoms with van der Waals surface area (Å²) in [6.07, 6.45) is 1.70. The molecular formula is C15H24N2O3S. The molecule has 1 amide bonds. The van der Waals surface area contributed by atoms with Crippen molar-refractivity contribution in [3.63, 3.8) is 0 Å². The summed E-state index contributed by atoms with van der Waals surface area (Å²) >= 11 is 0. The molecule has 0 bridgehead atoms. The zero-order chi connectivity index (χ0) is 16.0. The molecule has 0 heterocycles. The molecule has 5 nitrogen and oxygen atoms in total. The molecule has 2 unspecified atom stereocenters. The van der Waals surface area contributed by atoms with Crippen LogP contribution < -0.4 is 15.8 Å². The second kappa shape index (κ2) is 8.02. The summed E-state index contributed by atoms with van der Waals surface area (Å²) in [5.41, 5.74) is 6.26. The molecule has 0 saturated heterocycles. The van der Waals surface area contributed by atoms with Crippen molar-refractivity contribution in [3.05, 3.63) is 18.2 Å². The Bertz CT molecular complexity index is 516. The number of amides is 1. The Hall–Kier alpha value is -1.56. The highest BCUT2D eigenvalue weighted by molar-refractivity contribution is 7.86. The van der Waals surface area contributed by atoms with Gasteiger partial charge in [0.1, 0.15) is 11.0 Å². The van der Waals surface area contributed by atoms with Gasteiger partial charge in [0.15, 0.2) is 0 Å². The second-order valence-electron chi connectivity index (χ2n) is 4.87. The summed E-state index contributed by atoms with van der Waals surface area (Å²) in [6, 6.07) is 5.06. The van der Waals surface area contributed by atoms with Crippen LogP contribution in [0.3, 0.4) is 0 Å². The second-order valence-corrected chi connectivity index (χ2v) is 6.61. The van der Waals surface area contributed by atoms with Gasteiger partial charge in [-0.2, -0.15) is 0 Å². The van der Waals surface area contributed by atoms with Gasteiger partial charge < -0.3 is 15.8 Å². The van der Waals surface area contributed by atoms with Gasteiger partial charge in [-0.25, -0.2) is 0 Å². The molecule has 118 valence electrons. The van der Waals surface area contributed by atoms with E-state index in [2.05, 4.69) is 5.32 Å². The number of nitrogens with one attached hydrogen (secondary N) is 1. The molecule has 0 aliphatic carbocycles. The first kappa shape index (κ1) is 17.5. The predicted octanol–water partition coefficient (Wildman–Crippen LogP) is 2.08. The van der Waals surface area contributed by atoms with Crippen LogP contribution in [0.1, 0.15) is 33.6 Å². The fourth-order valence-electron chi connectivity index (χ4n) is 1.91. The molecule has 0 fully saturated rings. The van der Waals surface area contributed by atoms with Crippen LogP contribution in [-0.4, -0.2) is 28.5 Å². The average molecular weight is 312 g/mol. The Balaban J connectivity index is 2.89. The van der Waals surface area contributed by atoms with Gasteiger partial charge in [0.25, 0.3) is 0 Å². The number of carbonyl (C=O) groups is 1. The molecule has 1 aromatic rings. The van der Waals surface area contributed by atoms with E-state index in [1.807, 2.05) is 13.8 Å². The molecular weight excluding hydrogens is 288 g/mol. The van der Waals surface area contributed by atoms with Crippen LogP contribution in [0, 0.1) is 0 Å². The Kier molecular flexibility index (Phi) is 6.68. The Morgan fingerprint density at radius 3 is 2.52 bits per heavy atom. The van der Waals surface area contributed by atoms with Crippen molar-refractivity contribution in [2.45, 2.75) is 49.8 Å². The van der Waals surface area contributed by atoms with E-state index in [-0.39, 0.29) is 11.9 Å². The Labute approximate surface area is 128 Å². The number of methoxy groups -OCH3 is 1. The molecule has 0 saturated carbocycles. The highest BCUT2D eigenvalue weighted by Gasteiger charge is 2.24. The van der Waals surface area contributed by atoms with Crippen LogP contribution in [0.4, 0.5) is 5.69 Å². The number of nitrogens with two attached hydrogens (primary N) is 1. The molecule has 0 radical (unpaired) electrons. The highest BCUT2D eigenvalue weighted by atomic mass is 32.2. The van der Waals surface area contributed by atoms with E-state index < -0.39 is 16.0 Å². The molecule has 0 spiro atoms. The SMILES string of the molecule is CCC(CC)NC(=O)C(C)S(=O)c1cc(OC)ccc1N. The molecule has 2 atom stereocenters. The zero-order valence-corrected chi connectivity index (χ0v) is 13.8. The fraction of sp³-hybridized carbons (Fsp3) is 0.533. The number of hydrogen-bond donors (Lipinski definition) is 2.